The molecule has 0 aromatic heterocycles. The Hall–Kier alpha value is -2.09. The van der Waals surface area contributed by atoms with Crippen LogP contribution in [0.4, 0.5) is 0 Å². The number of carbonyl (C=O) groups is 1. The van der Waals surface area contributed by atoms with Gasteiger partial charge in [0.05, 0.1) is 6.42 Å². The molecule has 0 aliphatic rings. The monoisotopic (exact) mass is 296 g/mol. The standard InChI is InChI=1S/C20H24O2/c1-15(17-10-12-18(13-11-17)20(2,3)4)22-19(21)14-16-8-6-5-7-9-16/h5-13,15H,14H2,1-4H3/t15-/m0/s1. The Bertz CT molecular complexity index is 606. The van der Waals surface area contributed by atoms with Crippen molar-refractivity contribution in [2.45, 2.75) is 45.6 Å². The quantitative estimate of drug-likeness (QED) is 0.755. The summed E-state index contributed by atoms with van der Waals surface area (Å²) in [7, 11) is 0. The summed E-state index contributed by atoms with van der Waals surface area (Å²) in [5.41, 5.74) is 3.41. The highest BCUT2D eigenvalue weighted by molar-refractivity contribution is 5.72. The molecule has 2 aromatic carbocycles. The van der Waals surface area contributed by atoms with E-state index < -0.39 is 0 Å². The molecule has 0 unspecified atom stereocenters. The van der Waals surface area contributed by atoms with Gasteiger partial charge < -0.3 is 4.74 Å². The molecule has 1 atom stereocenters. The molecule has 0 fully saturated rings. The lowest BCUT2D eigenvalue weighted by Crippen LogP contribution is -2.13. The number of ether oxygens (including phenoxy) is 1. The maximum absolute atomic E-state index is 12.0. The van der Waals surface area contributed by atoms with Crippen molar-refractivity contribution < 1.29 is 9.53 Å². The van der Waals surface area contributed by atoms with Crippen LogP contribution in [0.15, 0.2) is 54.6 Å². The molecular formula is C20H24O2. The molecule has 22 heavy (non-hydrogen) atoms. The molecule has 0 amide bonds. The molecule has 0 spiro atoms. The summed E-state index contributed by atoms with van der Waals surface area (Å²) in [4.78, 5) is 12.0. The first-order chi connectivity index (χ1) is 10.4. The number of carbonyl (C=O) groups excluding carboxylic acids is 1. The second-order valence-corrected chi connectivity index (χ2v) is 6.67. The van der Waals surface area contributed by atoms with Crippen LogP contribution in [0.25, 0.3) is 0 Å². The second-order valence-electron chi connectivity index (χ2n) is 6.67. The Morgan fingerprint density at radius 3 is 2.14 bits per heavy atom. The Morgan fingerprint density at radius 2 is 1.59 bits per heavy atom. The fraction of sp³-hybridized carbons (Fsp3) is 0.350. The van der Waals surface area contributed by atoms with E-state index in [1.54, 1.807) is 0 Å². The van der Waals surface area contributed by atoms with Crippen LogP contribution in [-0.2, 0) is 21.4 Å². The van der Waals surface area contributed by atoms with Crippen LogP contribution in [0.1, 0.15) is 50.5 Å². The highest BCUT2D eigenvalue weighted by Gasteiger charge is 2.16. The van der Waals surface area contributed by atoms with Gasteiger partial charge in [0.1, 0.15) is 6.10 Å². The largest absolute Gasteiger partial charge is 0.458 e. The highest BCUT2D eigenvalue weighted by Crippen LogP contribution is 2.25. The SMILES string of the molecule is C[C@H](OC(=O)Cc1ccccc1)c1ccc(C(C)(C)C)cc1. The molecule has 0 aliphatic heterocycles. The minimum Gasteiger partial charge on any atom is -0.458 e. The van der Waals surface area contributed by atoms with E-state index in [4.69, 9.17) is 4.74 Å². The van der Waals surface area contributed by atoms with E-state index in [9.17, 15) is 4.79 Å². The second kappa shape index (κ2) is 6.78. The average molecular weight is 296 g/mol. The summed E-state index contributed by atoms with van der Waals surface area (Å²) in [6, 6.07) is 18.0. The van der Waals surface area contributed by atoms with E-state index in [1.165, 1.54) is 5.56 Å². The van der Waals surface area contributed by atoms with Crippen LogP contribution in [0, 0.1) is 0 Å². The van der Waals surface area contributed by atoms with Gasteiger partial charge in [0.2, 0.25) is 0 Å². The van der Waals surface area contributed by atoms with E-state index in [2.05, 4.69) is 32.9 Å². The van der Waals surface area contributed by atoms with Crippen molar-refractivity contribution in [2.75, 3.05) is 0 Å². The number of hydrogen-bond acceptors (Lipinski definition) is 2. The zero-order chi connectivity index (χ0) is 16.2. The van der Waals surface area contributed by atoms with Crippen LogP contribution in [0.3, 0.4) is 0 Å². The minimum absolute atomic E-state index is 0.131. The van der Waals surface area contributed by atoms with Crippen molar-refractivity contribution in [1.82, 2.24) is 0 Å². The van der Waals surface area contributed by atoms with E-state index in [-0.39, 0.29) is 17.5 Å². The minimum atomic E-state index is -0.231. The van der Waals surface area contributed by atoms with Crippen molar-refractivity contribution in [3.63, 3.8) is 0 Å². The maximum Gasteiger partial charge on any atom is 0.310 e. The van der Waals surface area contributed by atoms with Crippen molar-refractivity contribution >= 4 is 5.97 Å². The van der Waals surface area contributed by atoms with Crippen LogP contribution in [-0.4, -0.2) is 5.97 Å². The van der Waals surface area contributed by atoms with Crippen molar-refractivity contribution in [1.29, 1.82) is 0 Å². The number of benzene rings is 2. The summed E-state index contributed by atoms with van der Waals surface area (Å²) < 4.78 is 5.53. The predicted molar refractivity (Wildman–Crippen MR) is 89.8 cm³/mol. The highest BCUT2D eigenvalue weighted by atomic mass is 16.5. The van der Waals surface area contributed by atoms with Gasteiger partial charge in [0.15, 0.2) is 0 Å². The normalized spacial score (nSPS) is 12.7. The molecule has 2 heteroatoms. The van der Waals surface area contributed by atoms with Gasteiger partial charge in [-0.05, 0) is 29.0 Å². The van der Waals surface area contributed by atoms with E-state index in [0.717, 1.165) is 11.1 Å². The Kier molecular flexibility index (Phi) is 5.02. The Morgan fingerprint density at radius 1 is 1.00 bits per heavy atom. The third-order valence-corrected chi connectivity index (χ3v) is 3.75. The fourth-order valence-electron chi connectivity index (χ4n) is 2.32. The first-order valence-electron chi connectivity index (χ1n) is 7.70. The first kappa shape index (κ1) is 16.3. The molecule has 0 radical (unpaired) electrons. The van der Waals surface area contributed by atoms with Gasteiger partial charge in [-0.1, -0.05) is 75.4 Å². The zero-order valence-corrected chi connectivity index (χ0v) is 13.8. The molecule has 0 saturated carbocycles. The van der Waals surface area contributed by atoms with Crippen LogP contribution in [0.5, 0.6) is 0 Å². The molecular weight excluding hydrogens is 272 g/mol. The molecule has 0 saturated heterocycles. The zero-order valence-electron chi connectivity index (χ0n) is 13.8. The molecule has 2 rings (SSSR count). The molecule has 0 heterocycles. The third-order valence-electron chi connectivity index (χ3n) is 3.75. The number of hydrogen-bond donors (Lipinski definition) is 0. The average Bonchev–Trinajstić information content (AvgIpc) is 2.47. The summed E-state index contributed by atoms with van der Waals surface area (Å²) in [6.07, 6.45) is 0.0795. The van der Waals surface area contributed by atoms with E-state index in [0.29, 0.717) is 6.42 Å². The summed E-state index contributed by atoms with van der Waals surface area (Å²) in [6.45, 7) is 8.47. The number of rotatable bonds is 4. The Balaban J connectivity index is 1.97. The summed E-state index contributed by atoms with van der Waals surface area (Å²) in [5.74, 6) is -0.196. The molecule has 0 aliphatic carbocycles. The van der Waals surface area contributed by atoms with Crippen molar-refractivity contribution in [3.8, 4) is 0 Å². The smallest absolute Gasteiger partial charge is 0.310 e. The van der Waals surface area contributed by atoms with Gasteiger partial charge in [0, 0.05) is 0 Å². The van der Waals surface area contributed by atoms with Gasteiger partial charge in [-0.3, -0.25) is 4.79 Å². The summed E-state index contributed by atoms with van der Waals surface area (Å²) >= 11 is 0. The van der Waals surface area contributed by atoms with E-state index >= 15 is 0 Å². The predicted octanol–water partition coefficient (Wildman–Crippen LogP) is 4.83. The Labute approximate surface area is 133 Å². The fourth-order valence-corrected chi connectivity index (χ4v) is 2.32. The molecule has 2 aromatic rings. The molecule has 116 valence electrons. The topological polar surface area (TPSA) is 26.3 Å². The lowest BCUT2D eigenvalue weighted by atomic mass is 9.86. The van der Waals surface area contributed by atoms with Gasteiger partial charge in [-0.15, -0.1) is 0 Å². The third kappa shape index (κ3) is 4.45. The lowest BCUT2D eigenvalue weighted by Gasteiger charge is -2.20. The van der Waals surface area contributed by atoms with Crippen LogP contribution in [0.2, 0.25) is 0 Å². The molecule has 2 nitrogen and oxygen atoms in total. The van der Waals surface area contributed by atoms with Gasteiger partial charge in [-0.25, -0.2) is 0 Å². The lowest BCUT2D eigenvalue weighted by molar-refractivity contribution is -0.147. The molecule has 0 N–H and O–H groups in total. The molecule has 0 bridgehead atoms. The number of esters is 1. The van der Waals surface area contributed by atoms with Crippen LogP contribution < -0.4 is 0 Å². The summed E-state index contributed by atoms with van der Waals surface area (Å²) in [5, 5.41) is 0. The van der Waals surface area contributed by atoms with Gasteiger partial charge >= 0.3 is 5.97 Å². The van der Waals surface area contributed by atoms with Gasteiger partial charge in [-0.2, -0.15) is 0 Å². The maximum atomic E-state index is 12.0. The van der Waals surface area contributed by atoms with Crippen molar-refractivity contribution in [2.24, 2.45) is 0 Å². The van der Waals surface area contributed by atoms with Crippen molar-refractivity contribution in [3.05, 3.63) is 71.3 Å². The van der Waals surface area contributed by atoms with Crippen LogP contribution >= 0.6 is 0 Å². The van der Waals surface area contributed by atoms with E-state index in [1.807, 2.05) is 49.4 Å². The first-order valence-corrected chi connectivity index (χ1v) is 7.70. The van der Waals surface area contributed by atoms with Gasteiger partial charge in [0.25, 0.3) is 0 Å².